The van der Waals surface area contributed by atoms with E-state index in [1.54, 1.807) is 0 Å². The highest BCUT2D eigenvalue weighted by Crippen LogP contribution is 2.23. The molecule has 1 aromatic rings. The van der Waals surface area contributed by atoms with Crippen molar-refractivity contribution in [2.24, 2.45) is 0 Å². The van der Waals surface area contributed by atoms with Crippen LogP contribution < -0.4 is 10.6 Å². The number of carbonyl (C=O) groups excluding carboxylic acids is 1. The Morgan fingerprint density at radius 1 is 1.43 bits per heavy atom. The molecular weight excluding hydrogens is 318 g/mol. The zero-order valence-corrected chi connectivity index (χ0v) is 14.4. The van der Waals surface area contributed by atoms with Crippen LogP contribution in [0.1, 0.15) is 30.4 Å². The van der Waals surface area contributed by atoms with Crippen LogP contribution in [0.25, 0.3) is 0 Å². The maximum atomic E-state index is 12.2. The fourth-order valence-electron chi connectivity index (χ4n) is 3.16. The van der Waals surface area contributed by atoms with E-state index in [2.05, 4.69) is 15.5 Å². The van der Waals surface area contributed by atoms with E-state index in [1.807, 2.05) is 19.1 Å². The van der Waals surface area contributed by atoms with E-state index in [1.165, 1.54) is 0 Å². The second-order valence-corrected chi connectivity index (χ2v) is 6.01. The maximum Gasteiger partial charge on any atom is 0.237 e. The van der Waals surface area contributed by atoms with Crippen LogP contribution in [0.3, 0.4) is 0 Å². The van der Waals surface area contributed by atoms with E-state index < -0.39 is 0 Å². The molecule has 2 aliphatic heterocycles. The van der Waals surface area contributed by atoms with Crippen LogP contribution in [0, 0.1) is 6.92 Å². The Kier molecular flexibility index (Phi) is 6.89. The van der Waals surface area contributed by atoms with Crippen molar-refractivity contribution >= 4 is 18.3 Å². The molecule has 2 unspecified atom stereocenters. The van der Waals surface area contributed by atoms with Crippen molar-refractivity contribution in [2.75, 3.05) is 39.4 Å². The van der Waals surface area contributed by atoms with Gasteiger partial charge in [0, 0.05) is 19.6 Å². The normalized spacial score (nSPS) is 23.3. The van der Waals surface area contributed by atoms with Crippen LogP contribution in [0.15, 0.2) is 16.5 Å². The van der Waals surface area contributed by atoms with Gasteiger partial charge >= 0.3 is 0 Å². The average molecular weight is 344 g/mol. The molecule has 6 nitrogen and oxygen atoms in total. The zero-order chi connectivity index (χ0) is 15.4. The molecule has 0 radical (unpaired) electrons. The van der Waals surface area contributed by atoms with Crippen molar-refractivity contribution in [3.05, 3.63) is 23.7 Å². The summed E-state index contributed by atoms with van der Waals surface area (Å²) in [6.45, 7) is 6.64. The van der Waals surface area contributed by atoms with Gasteiger partial charge in [0.1, 0.15) is 11.5 Å². The Hall–Kier alpha value is -1.08. The van der Waals surface area contributed by atoms with Gasteiger partial charge in [-0.1, -0.05) is 0 Å². The molecule has 0 aromatic carbocycles. The van der Waals surface area contributed by atoms with E-state index in [4.69, 9.17) is 9.15 Å². The molecule has 2 saturated heterocycles. The van der Waals surface area contributed by atoms with Crippen LogP contribution in [0.2, 0.25) is 0 Å². The summed E-state index contributed by atoms with van der Waals surface area (Å²) in [5.74, 6) is 1.91. The van der Waals surface area contributed by atoms with Crippen molar-refractivity contribution in [3.8, 4) is 0 Å². The number of aryl methyl sites for hydroxylation is 1. The summed E-state index contributed by atoms with van der Waals surface area (Å²) in [5.41, 5.74) is 0. The third kappa shape index (κ3) is 4.70. The van der Waals surface area contributed by atoms with Crippen LogP contribution in [0.4, 0.5) is 0 Å². The number of nitrogens with one attached hydrogen (secondary N) is 2. The molecule has 0 bridgehead atoms. The van der Waals surface area contributed by atoms with Crippen molar-refractivity contribution < 1.29 is 13.9 Å². The summed E-state index contributed by atoms with van der Waals surface area (Å²) in [4.78, 5) is 14.5. The van der Waals surface area contributed by atoms with Crippen LogP contribution in [-0.4, -0.2) is 56.2 Å². The van der Waals surface area contributed by atoms with Gasteiger partial charge in [0.25, 0.3) is 0 Å². The summed E-state index contributed by atoms with van der Waals surface area (Å²) in [6, 6.07) is 4.02. The fourth-order valence-corrected chi connectivity index (χ4v) is 3.16. The summed E-state index contributed by atoms with van der Waals surface area (Å²) in [7, 11) is 0. The van der Waals surface area contributed by atoms with Gasteiger partial charge in [-0.25, -0.2) is 0 Å². The molecule has 2 atom stereocenters. The average Bonchev–Trinajstić information content (AvgIpc) is 3.20. The molecule has 2 aliphatic rings. The van der Waals surface area contributed by atoms with Gasteiger partial charge in [0.15, 0.2) is 0 Å². The fraction of sp³-hybridized carbons (Fsp3) is 0.688. The number of rotatable bonds is 5. The predicted octanol–water partition coefficient (Wildman–Crippen LogP) is 1.25. The first-order valence-electron chi connectivity index (χ1n) is 8.13. The predicted molar refractivity (Wildman–Crippen MR) is 89.9 cm³/mol. The van der Waals surface area contributed by atoms with Gasteiger partial charge in [-0.05, 0) is 38.4 Å². The first-order valence-corrected chi connectivity index (χ1v) is 8.13. The molecule has 0 aliphatic carbocycles. The van der Waals surface area contributed by atoms with E-state index in [0.717, 1.165) is 57.2 Å². The standard InChI is InChI=1S/C16H25N3O3.ClH/c1-12-4-5-15(22-12)14(19-7-9-21-10-8-19)11-18-16(20)13-3-2-6-17-13;/h4-5,13-14,17H,2-3,6-11H2,1H3,(H,18,20);1H. The maximum absolute atomic E-state index is 12.2. The highest BCUT2D eigenvalue weighted by atomic mass is 35.5. The lowest BCUT2D eigenvalue weighted by atomic mass is 10.1. The minimum absolute atomic E-state index is 0. The molecule has 130 valence electrons. The number of ether oxygens (including phenoxy) is 1. The summed E-state index contributed by atoms with van der Waals surface area (Å²) in [5, 5.41) is 6.32. The largest absolute Gasteiger partial charge is 0.465 e. The number of halogens is 1. The van der Waals surface area contributed by atoms with Crippen molar-refractivity contribution in [3.63, 3.8) is 0 Å². The molecule has 0 spiro atoms. The highest BCUT2D eigenvalue weighted by molar-refractivity contribution is 5.85. The number of furan rings is 1. The molecular formula is C16H26ClN3O3. The van der Waals surface area contributed by atoms with Gasteiger partial charge in [0.2, 0.25) is 5.91 Å². The lowest BCUT2D eigenvalue weighted by molar-refractivity contribution is -0.123. The third-order valence-corrected chi connectivity index (χ3v) is 4.42. The Balaban J connectivity index is 0.00000192. The number of hydrogen-bond donors (Lipinski definition) is 2. The van der Waals surface area contributed by atoms with Crippen molar-refractivity contribution in [1.29, 1.82) is 0 Å². The molecule has 7 heteroatoms. The summed E-state index contributed by atoms with van der Waals surface area (Å²) in [6.07, 6.45) is 2.00. The Labute approximate surface area is 143 Å². The van der Waals surface area contributed by atoms with Crippen LogP contribution in [0.5, 0.6) is 0 Å². The molecule has 3 heterocycles. The topological polar surface area (TPSA) is 66.7 Å². The van der Waals surface area contributed by atoms with Crippen molar-refractivity contribution in [2.45, 2.75) is 31.8 Å². The monoisotopic (exact) mass is 343 g/mol. The third-order valence-electron chi connectivity index (χ3n) is 4.42. The molecule has 0 saturated carbocycles. The van der Waals surface area contributed by atoms with E-state index in [9.17, 15) is 4.79 Å². The molecule has 1 amide bonds. The molecule has 2 fully saturated rings. The number of hydrogen-bond acceptors (Lipinski definition) is 5. The van der Waals surface area contributed by atoms with E-state index >= 15 is 0 Å². The minimum atomic E-state index is -0.0383. The highest BCUT2D eigenvalue weighted by Gasteiger charge is 2.27. The molecule has 3 rings (SSSR count). The number of nitrogens with zero attached hydrogens (tertiary/aromatic N) is 1. The van der Waals surface area contributed by atoms with Crippen LogP contribution in [-0.2, 0) is 9.53 Å². The number of carbonyl (C=O) groups is 1. The quantitative estimate of drug-likeness (QED) is 0.842. The number of morpholine rings is 1. The smallest absolute Gasteiger partial charge is 0.237 e. The molecule has 2 N–H and O–H groups in total. The first-order chi connectivity index (χ1) is 10.7. The Morgan fingerprint density at radius 2 is 2.22 bits per heavy atom. The molecule has 23 heavy (non-hydrogen) atoms. The van der Waals surface area contributed by atoms with Gasteiger partial charge in [0.05, 0.1) is 25.3 Å². The number of amides is 1. The van der Waals surface area contributed by atoms with Crippen LogP contribution >= 0.6 is 12.4 Å². The Bertz CT molecular complexity index is 497. The van der Waals surface area contributed by atoms with Gasteiger partial charge in [-0.2, -0.15) is 0 Å². The van der Waals surface area contributed by atoms with Gasteiger partial charge < -0.3 is 19.8 Å². The first kappa shape index (κ1) is 18.3. The lowest BCUT2D eigenvalue weighted by Crippen LogP contribution is -2.47. The van der Waals surface area contributed by atoms with Crippen molar-refractivity contribution in [1.82, 2.24) is 15.5 Å². The zero-order valence-electron chi connectivity index (χ0n) is 13.5. The summed E-state index contributed by atoms with van der Waals surface area (Å²) < 4.78 is 11.2. The molecule has 1 aromatic heterocycles. The van der Waals surface area contributed by atoms with E-state index in [-0.39, 0.29) is 30.4 Å². The Morgan fingerprint density at radius 3 is 2.83 bits per heavy atom. The van der Waals surface area contributed by atoms with Gasteiger partial charge in [-0.15, -0.1) is 12.4 Å². The lowest BCUT2D eigenvalue weighted by Gasteiger charge is -2.33. The summed E-state index contributed by atoms with van der Waals surface area (Å²) >= 11 is 0. The second kappa shape index (κ2) is 8.68. The van der Waals surface area contributed by atoms with E-state index in [0.29, 0.717) is 6.54 Å². The minimum Gasteiger partial charge on any atom is -0.465 e. The second-order valence-electron chi connectivity index (χ2n) is 6.01. The van der Waals surface area contributed by atoms with Gasteiger partial charge in [-0.3, -0.25) is 9.69 Å². The SMILES string of the molecule is Cc1ccc(C(CNC(=O)C2CCCN2)N2CCOCC2)o1.Cl.